The van der Waals surface area contributed by atoms with Gasteiger partial charge in [-0.1, -0.05) is 0 Å². The van der Waals surface area contributed by atoms with Crippen molar-refractivity contribution < 1.29 is 19.1 Å². The maximum absolute atomic E-state index is 10.6. The van der Waals surface area contributed by atoms with Crippen LogP contribution in [0.5, 0.6) is 0 Å². The largest absolute Gasteiger partial charge is 0.525 e. The summed E-state index contributed by atoms with van der Waals surface area (Å²) in [5.41, 5.74) is 5.06. The molecular weight excluding hydrogens is 166 g/mol. The lowest BCUT2D eigenvalue weighted by atomic mass is 10.2. The zero-order valence-corrected chi connectivity index (χ0v) is 7.66. The predicted octanol–water partition coefficient (Wildman–Crippen LogP) is -1.54. The minimum atomic E-state index is -1.18. The van der Waals surface area contributed by atoms with Crippen LogP contribution >= 0.6 is 0 Å². The van der Waals surface area contributed by atoms with Crippen molar-refractivity contribution in [2.45, 2.75) is 19.0 Å². The maximum atomic E-state index is 10.6. The van der Waals surface area contributed by atoms with Gasteiger partial charge in [0.2, 0.25) is 9.76 Å². The molecule has 1 atom stereocenters. The van der Waals surface area contributed by atoms with Gasteiger partial charge in [-0.3, -0.25) is 9.59 Å². The lowest BCUT2D eigenvalue weighted by Gasteiger charge is -2.04. The van der Waals surface area contributed by atoms with Gasteiger partial charge in [-0.15, -0.1) is 0 Å². The molecule has 11 heavy (non-hydrogen) atoms. The SMILES string of the molecule is C[SiH2]OC(=O)CC(N)C(=O)O. The number of carbonyl (C=O) groups is 2. The standard InChI is InChI=1S/C5H11NO4Si/c1-11-10-4(7)2-3(6)5(8)9/h3H,2,6,11H2,1H3,(H,8,9). The van der Waals surface area contributed by atoms with Crippen LogP contribution in [-0.4, -0.2) is 32.9 Å². The molecule has 0 saturated carbocycles. The monoisotopic (exact) mass is 177 g/mol. The van der Waals surface area contributed by atoms with Crippen LogP contribution in [0.3, 0.4) is 0 Å². The molecule has 0 radical (unpaired) electrons. The molecule has 0 saturated heterocycles. The van der Waals surface area contributed by atoms with E-state index in [4.69, 9.17) is 10.8 Å². The second kappa shape index (κ2) is 4.86. The lowest BCUT2D eigenvalue weighted by molar-refractivity contribution is -0.143. The van der Waals surface area contributed by atoms with E-state index < -0.39 is 27.7 Å². The van der Waals surface area contributed by atoms with E-state index in [0.29, 0.717) is 0 Å². The number of hydrogen-bond donors (Lipinski definition) is 2. The number of aliphatic carboxylic acids is 1. The summed E-state index contributed by atoms with van der Waals surface area (Å²) >= 11 is 0. The van der Waals surface area contributed by atoms with Crippen LogP contribution in [0.25, 0.3) is 0 Å². The molecule has 64 valence electrons. The highest BCUT2D eigenvalue weighted by Crippen LogP contribution is 1.90. The molecular formula is C5H11NO4Si. The van der Waals surface area contributed by atoms with Crippen LogP contribution in [0.1, 0.15) is 6.42 Å². The first kappa shape index (κ1) is 10.1. The van der Waals surface area contributed by atoms with Gasteiger partial charge < -0.3 is 15.3 Å². The first-order valence-corrected chi connectivity index (χ1v) is 5.21. The molecule has 0 rings (SSSR count). The molecule has 0 aliphatic heterocycles. The van der Waals surface area contributed by atoms with Gasteiger partial charge in [-0.25, -0.2) is 0 Å². The Hall–Kier alpha value is -0.883. The van der Waals surface area contributed by atoms with Crippen molar-refractivity contribution in [2.75, 3.05) is 0 Å². The van der Waals surface area contributed by atoms with Crippen LogP contribution in [0.4, 0.5) is 0 Å². The van der Waals surface area contributed by atoms with Gasteiger partial charge in [0.1, 0.15) is 6.04 Å². The average molecular weight is 177 g/mol. The third-order valence-electron chi connectivity index (χ3n) is 1.01. The molecule has 6 heteroatoms. The van der Waals surface area contributed by atoms with Gasteiger partial charge in [0.15, 0.2) is 0 Å². The van der Waals surface area contributed by atoms with Crippen LogP contribution in [0.2, 0.25) is 6.55 Å². The van der Waals surface area contributed by atoms with Crippen molar-refractivity contribution in [2.24, 2.45) is 5.73 Å². The summed E-state index contributed by atoms with van der Waals surface area (Å²) in [7, 11) is -0.799. The Balaban J connectivity index is 3.66. The van der Waals surface area contributed by atoms with Crippen LogP contribution in [0, 0.1) is 0 Å². The Labute approximate surface area is 66.5 Å². The molecule has 5 nitrogen and oxygen atoms in total. The number of rotatable bonds is 4. The molecule has 0 bridgehead atoms. The second-order valence-electron chi connectivity index (χ2n) is 1.95. The minimum absolute atomic E-state index is 0.240. The Morgan fingerprint density at radius 3 is 2.64 bits per heavy atom. The van der Waals surface area contributed by atoms with Crippen LogP contribution in [0.15, 0.2) is 0 Å². The van der Waals surface area contributed by atoms with Crippen molar-refractivity contribution >= 4 is 21.7 Å². The second-order valence-corrected chi connectivity index (χ2v) is 2.82. The highest BCUT2D eigenvalue weighted by molar-refractivity contribution is 6.28. The molecule has 0 aromatic heterocycles. The van der Waals surface area contributed by atoms with E-state index in [0.717, 1.165) is 0 Å². The van der Waals surface area contributed by atoms with Gasteiger partial charge in [0, 0.05) is 0 Å². The highest BCUT2D eigenvalue weighted by atomic mass is 28.2. The maximum Gasteiger partial charge on any atom is 0.321 e. The third-order valence-corrected chi connectivity index (χ3v) is 1.62. The summed E-state index contributed by atoms with van der Waals surface area (Å²) in [6, 6.07) is -1.14. The van der Waals surface area contributed by atoms with Gasteiger partial charge in [-0.05, 0) is 6.55 Å². The fourth-order valence-corrected chi connectivity index (χ4v) is 0.927. The van der Waals surface area contributed by atoms with Gasteiger partial charge in [0.25, 0.3) is 5.97 Å². The quantitative estimate of drug-likeness (QED) is 0.508. The first-order chi connectivity index (χ1) is 5.07. The Bertz CT molecular complexity index is 161. The molecule has 0 fully saturated rings. The van der Waals surface area contributed by atoms with Crippen molar-refractivity contribution in [1.82, 2.24) is 0 Å². The number of carboxylic acids is 1. The molecule has 3 N–H and O–H groups in total. The van der Waals surface area contributed by atoms with Crippen LogP contribution < -0.4 is 5.73 Å². The number of nitrogens with two attached hydrogens (primary N) is 1. The van der Waals surface area contributed by atoms with E-state index in [1.807, 2.05) is 0 Å². The summed E-state index contributed by atoms with van der Waals surface area (Å²) in [6.07, 6.45) is -0.240. The van der Waals surface area contributed by atoms with E-state index in [2.05, 4.69) is 4.43 Å². The van der Waals surface area contributed by atoms with E-state index in [9.17, 15) is 9.59 Å². The zero-order chi connectivity index (χ0) is 8.85. The van der Waals surface area contributed by atoms with Crippen molar-refractivity contribution in [3.63, 3.8) is 0 Å². The molecule has 0 aromatic carbocycles. The smallest absolute Gasteiger partial charge is 0.321 e. The minimum Gasteiger partial charge on any atom is -0.525 e. The number of carboxylic acid groups (broad SMARTS) is 1. The molecule has 0 amide bonds. The fraction of sp³-hybridized carbons (Fsp3) is 0.600. The molecule has 0 aliphatic carbocycles. The normalized spacial score (nSPS) is 13.3. The Morgan fingerprint density at radius 1 is 1.73 bits per heavy atom. The molecule has 1 unspecified atom stereocenters. The van der Waals surface area contributed by atoms with Gasteiger partial charge in [-0.2, -0.15) is 0 Å². The first-order valence-electron chi connectivity index (χ1n) is 3.22. The topological polar surface area (TPSA) is 89.6 Å². The molecule has 0 aromatic rings. The van der Waals surface area contributed by atoms with Gasteiger partial charge >= 0.3 is 5.97 Å². The lowest BCUT2D eigenvalue weighted by Crippen LogP contribution is -2.33. The summed E-state index contributed by atoms with van der Waals surface area (Å²) < 4.78 is 4.62. The summed E-state index contributed by atoms with van der Waals surface area (Å²) in [4.78, 5) is 20.7. The van der Waals surface area contributed by atoms with E-state index in [1.54, 1.807) is 6.55 Å². The fourth-order valence-electron chi connectivity index (χ4n) is 0.487. The average Bonchev–Trinajstić information content (AvgIpc) is 1.87. The highest BCUT2D eigenvalue weighted by Gasteiger charge is 2.16. The van der Waals surface area contributed by atoms with Crippen molar-refractivity contribution in [1.29, 1.82) is 0 Å². The number of hydrogen-bond acceptors (Lipinski definition) is 4. The molecule has 0 aliphatic rings. The van der Waals surface area contributed by atoms with E-state index in [1.165, 1.54) is 0 Å². The van der Waals surface area contributed by atoms with E-state index in [-0.39, 0.29) is 6.42 Å². The van der Waals surface area contributed by atoms with Crippen molar-refractivity contribution in [3.8, 4) is 0 Å². The van der Waals surface area contributed by atoms with Crippen LogP contribution in [-0.2, 0) is 14.0 Å². The summed E-state index contributed by atoms with van der Waals surface area (Å²) in [5.74, 6) is -1.70. The molecule has 0 heterocycles. The zero-order valence-electron chi connectivity index (χ0n) is 6.24. The Kier molecular flexibility index (Phi) is 4.47. The summed E-state index contributed by atoms with van der Waals surface area (Å²) in [6.45, 7) is 1.78. The van der Waals surface area contributed by atoms with E-state index >= 15 is 0 Å². The summed E-state index contributed by atoms with van der Waals surface area (Å²) in [5, 5.41) is 8.28. The van der Waals surface area contributed by atoms with Crippen molar-refractivity contribution in [3.05, 3.63) is 0 Å². The Morgan fingerprint density at radius 2 is 2.27 bits per heavy atom. The molecule has 0 spiro atoms. The number of carbonyl (C=O) groups excluding carboxylic acids is 1. The third kappa shape index (κ3) is 4.51. The van der Waals surface area contributed by atoms with Gasteiger partial charge in [0.05, 0.1) is 6.42 Å². The predicted molar refractivity (Wildman–Crippen MR) is 40.7 cm³/mol.